The van der Waals surface area contributed by atoms with Crippen molar-refractivity contribution in [2.24, 2.45) is 0 Å². The minimum atomic E-state index is -4.79. The van der Waals surface area contributed by atoms with Crippen LogP contribution in [0.25, 0.3) is 0 Å². The van der Waals surface area contributed by atoms with E-state index in [-0.39, 0.29) is 29.5 Å². The molecule has 0 aliphatic heterocycles. The number of benzene rings is 1. The highest BCUT2D eigenvalue weighted by molar-refractivity contribution is 5.92. The van der Waals surface area contributed by atoms with Gasteiger partial charge >= 0.3 is 6.36 Å². The van der Waals surface area contributed by atoms with E-state index in [2.05, 4.69) is 20.0 Å². The first-order chi connectivity index (χ1) is 12.1. The molecule has 2 rings (SSSR count). The number of Topliss-reactive ketones (excluding diaryl/α,β-unsaturated/α-hetero) is 1. The Morgan fingerprint density at radius 2 is 2.00 bits per heavy atom. The average Bonchev–Trinajstić information content (AvgIpc) is 2.53. The minimum absolute atomic E-state index is 0.00744. The van der Waals surface area contributed by atoms with Gasteiger partial charge in [-0.3, -0.25) is 9.59 Å². The lowest BCUT2D eigenvalue weighted by Crippen LogP contribution is -2.28. The van der Waals surface area contributed by atoms with Crippen molar-refractivity contribution in [1.82, 2.24) is 15.3 Å². The lowest BCUT2D eigenvalue weighted by Gasteiger charge is -2.16. The van der Waals surface area contributed by atoms with Crippen LogP contribution in [0.15, 0.2) is 36.5 Å². The van der Waals surface area contributed by atoms with Gasteiger partial charge in [-0.1, -0.05) is 12.1 Å². The van der Waals surface area contributed by atoms with Crippen LogP contribution < -0.4 is 10.1 Å². The SMILES string of the molecule is CC(=O)Cc1nccc(C(=O)NC(C)c2cccc(OC(F)(F)F)c2)n1. The molecule has 2 aromatic rings. The average molecular weight is 367 g/mol. The predicted octanol–water partition coefficient (Wildman–Crippen LogP) is 3.00. The Labute approximate surface area is 147 Å². The first-order valence-corrected chi connectivity index (χ1v) is 7.62. The van der Waals surface area contributed by atoms with E-state index in [0.717, 1.165) is 0 Å². The fraction of sp³-hybridized carbons (Fsp3) is 0.294. The van der Waals surface area contributed by atoms with Gasteiger partial charge in [-0.05, 0) is 37.6 Å². The Hall–Kier alpha value is -2.97. The highest BCUT2D eigenvalue weighted by Crippen LogP contribution is 2.25. The van der Waals surface area contributed by atoms with Crippen LogP contribution in [-0.2, 0) is 11.2 Å². The molecule has 0 bridgehead atoms. The number of nitrogens with zero attached hydrogens (tertiary/aromatic N) is 2. The van der Waals surface area contributed by atoms with E-state index in [9.17, 15) is 22.8 Å². The van der Waals surface area contributed by atoms with Crippen molar-refractivity contribution in [3.8, 4) is 5.75 Å². The van der Waals surface area contributed by atoms with Crippen LogP contribution in [0.2, 0.25) is 0 Å². The third-order valence-corrected chi connectivity index (χ3v) is 3.28. The number of alkyl halides is 3. The number of rotatable bonds is 6. The van der Waals surface area contributed by atoms with E-state index in [4.69, 9.17) is 0 Å². The molecule has 1 atom stereocenters. The molecule has 0 aliphatic carbocycles. The number of carbonyl (C=O) groups is 2. The molecule has 1 amide bonds. The zero-order valence-electron chi connectivity index (χ0n) is 14.0. The van der Waals surface area contributed by atoms with Crippen molar-refractivity contribution in [3.05, 3.63) is 53.6 Å². The van der Waals surface area contributed by atoms with Crippen molar-refractivity contribution in [2.45, 2.75) is 32.7 Å². The zero-order chi connectivity index (χ0) is 19.3. The molecule has 1 aromatic carbocycles. The van der Waals surface area contributed by atoms with E-state index in [1.54, 1.807) is 13.0 Å². The van der Waals surface area contributed by atoms with Gasteiger partial charge in [-0.15, -0.1) is 13.2 Å². The molecule has 0 saturated carbocycles. The number of carbonyl (C=O) groups excluding carboxylic acids is 2. The Balaban J connectivity index is 2.09. The number of hydrogen-bond donors (Lipinski definition) is 1. The van der Waals surface area contributed by atoms with Crippen LogP contribution in [0.3, 0.4) is 0 Å². The van der Waals surface area contributed by atoms with Gasteiger partial charge in [0.15, 0.2) is 0 Å². The van der Waals surface area contributed by atoms with Crippen molar-refractivity contribution in [3.63, 3.8) is 0 Å². The predicted molar refractivity (Wildman–Crippen MR) is 85.4 cm³/mol. The summed E-state index contributed by atoms with van der Waals surface area (Å²) in [5.41, 5.74) is 0.490. The number of halogens is 3. The molecule has 0 spiro atoms. The van der Waals surface area contributed by atoms with Gasteiger partial charge in [0.1, 0.15) is 23.1 Å². The third-order valence-electron chi connectivity index (χ3n) is 3.28. The fourth-order valence-corrected chi connectivity index (χ4v) is 2.17. The Kier molecular flexibility index (Phi) is 5.91. The normalized spacial score (nSPS) is 12.3. The maximum Gasteiger partial charge on any atom is 0.573 e. The Bertz CT molecular complexity index is 809. The molecule has 0 fully saturated rings. The highest BCUT2D eigenvalue weighted by atomic mass is 19.4. The van der Waals surface area contributed by atoms with Gasteiger partial charge in [0.25, 0.3) is 5.91 Å². The molecule has 138 valence electrons. The van der Waals surface area contributed by atoms with E-state index < -0.39 is 18.3 Å². The summed E-state index contributed by atoms with van der Waals surface area (Å²) in [6, 6.07) is 6.12. The Morgan fingerprint density at radius 1 is 1.27 bits per heavy atom. The maximum absolute atomic E-state index is 12.3. The zero-order valence-corrected chi connectivity index (χ0v) is 14.0. The van der Waals surface area contributed by atoms with Crippen LogP contribution >= 0.6 is 0 Å². The molecule has 9 heteroatoms. The summed E-state index contributed by atoms with van der Waals surface area (Å²) in [4.78, 5) is 31.3. The fourth-order valence-electron chi connectivity index (χ4n) is 2.17. The molecular formula is C17H16F3N3O3. The molecule has 0 aliphatic rings. The van der Waals surface area contributed by atoms with Crippen LogP contribution in [0, 0.1) is 0 Å². The van der Waals surface area contributed by atoms with Gasteiger partial charge in [0.2, 0.25) is 0 Å². The molecule has 1 aromatic heterocycles. The monoisotopic (exact) mass is 367 g/mol. The van der Waals surface area contributed by atoms with Crippen molar-refractivity contribution in [1.29, 1.82) is 0 Å². The van der Waals surface area contributed by atoms with E-state index >= 15 is 0 Å². The van der Waals surface area contributed by atoms with Crippen molar-refractivity contribution < 1.29 is 27.5 Å². The third kappa shape index (κ3) is 5.83. The summed E-state index contributed by atoms with van der Waals surface area (Å²) >= 11 is 0. The summed E-state index contributed by atoms with van der Waals surface area (Å²) in [6.07, 6.45) is -3.42. The summed E-state index contributed by atoms with van der Waals surface area (Å²) in [7, 11) is 0. The van der Waals surface area contributed by atoms with Gasteiger partial charge in [-0.25, -0.2) is 9.97 Å². The molecule has 0 saturated heterocycles. The molecule has 6 nitrogen and oxygen atoms in total. The summed E-state index contributed by atoms with van der Waals surface area (Å²) in [6.45, 7) is 3.00. The Morgan fingerprint density at radius 3 is 2.65 bits per heavy atom. The second kappa shape index (κ2) is 7.94. The number of ketones is 1. The largest absolute Gasteiger partial charge is 0.573 e. The molecular weight excluding hydrogens is 351 g/mol. The molecule has 0 radical (unpaired) electrons. The van der Waals surface area contributed by atoms with E-state index in [1.807, 2.05) is 0 Å². The first-order valence-electron chi connectivity index (χ1n) is 7.62. The molecule has 1 heterocycles. The maximum atomic E-state index is 12.3. The molecule has 26 heavy (non-hydrogen) atoms. The quantitative estimate of drug-likeness (QED) is 0.849. The summed E-state index contributed by atoms with van der Waals surface area (Å²) in [5.74, 6) is -0.829. The lowest BCUT2D eigenvalue weighted by molar-refractivity contribution is -0.274. The van der Waals surface area contributed by atoms with Gasteiger partial charge in [0, 0.05) is 6.20 Å². The number of aromatic nitrogens is 2. The molecule has 1 N–H and O–H groups in total. The van der Waals surface area contributed by atoms with Gasteiger partial charge in [-0.2, -0.15) is 0 Å². The smallest absolute Gasteiger partial charge is 0.406 e. The molecule has 1 unspecified atom stereocenters. The van der Waals surface area contributed by atoms with E-state index in [1.165, 1.54) is 37.4 Å². The highest BCUT2D eigenvalue weighted by Gasteiger charge is 2.31. The van der Waals surface area contributed by atoms with Gasteiger partial charge in [0.05, 0.1) is 12.5 Å². The second-order valence-corrected chi connectivity index (χ2v) is 5.55. The summed E-state index contributed by atoms with van der Waals surface area (Å²) < 4.78 is 40.8. The number of ether oxygens (including phenoxy) is 1. The van der Waals surface area contributed by atoms with Gasteiger partial charge < -0.3 is 10.1 Å². The van der Waals surface area contributed by atoms with Crippen LogP contribution in [-0.4, -0.2) is 28.0 Å². The lowest BCUT2D eigenvalue weighted by atomic mass is 10.1. The topological polar surface area (TPSA) is 81.2 Å². The van der Waals surface area contributed by atoms with E-state index in [0.29, 0.717) is 5.56 Å². The van der Waals surface area contributed by atoms with Crippen LogP contribution in [0.1, 0.15) is 41.8 Å². The minimum Gasteiger partial charge on any atom is -0.406 e. The van der Waals surface area contributed by atoms with Crippen molar-refractivity contribution in [2.75, 3.05) is 0 Å². The van der Waals surface area contributed by atoms with Crippen molar-refractivity contribution >= 4 is 11.7 Å². The second-order valence-electron chi connectivity index (χ2n) is 5.55. The number of amides is 1. The first kappa shape index (κ1) is 19.4. The number of nitrogens with one attached hydrogen (secondary N) is 1. The number of hydrogen-bond acceptors (Lipinski definition) is 5. The van der Waals surface area contributed by atoms with Crippen LogP contribution in [0.5, 0.6) is 5.75 Å². The van der Waals surface area contributed by atoms with Crippen LogP contribution in [0.4, 0.5) is 13.2 Å². The standard InChI is InChI=1S/C17H16F3N3O3/c1-10(24)8-15-21-7-6-14(23-15)16(25)22-11(2)12-4-3-5-13(9-12)26-17(18,19)20/h3-7,9,11H,8H2,1-2H3,(H,22,25). The summed E-state index contributed by atoms with van der Waals surface area (Å²) in [5, 5.41) is 2.63.